The second kappa shape index (κ2) is 5.43. The van der Waals surface area contributed by atoms with Crippen molar-refractivity contribution in [2.24, 2.45) is 13.0 Å². The van der Waals surface area contributed by atoms with Crippen LogP contribution in [0.3, 0.4) is 0 Å². The molecular weight excluding hydrogens is 294 g/mol. The summed E-state index contributed by atoms with van der Waals surface area (Å²) >= 11 is 3.57. The van der Waals surface area contributed by atoms with E-state index < -0.39 is 0 Å². The smallest absolute Gasteiger partial charge is 0.254 e. The van der Waals surface area contributed by atoms with Crippen LogP contribution in [0.2, 0.25) is 0 Å². The third-order valence-corrected chi connectivity index (χ3v) is 4.77. The van der Waals surface area contributed by atoms with Crippen LogP contribution in [0.5, 0.6) is 0 Å². The molecule has 1 aliphatic carbocycles. The number of aromatic nitrogens is 2. The van der Waals surface area contributed by atoms with E-state index in [4.69, 9.17) is 0 Å². The number of halogens is 1. The highest BCUT2D eigenvalue weighted by molar-refractivity contribution is 9.09. The van der Waals surface area contributed by atoms with Gasteiger partial charge in [0.1, 0.15) is 0 Å². The molecular formula is C13H20BrN3O. The Morgan fingerprint density at radius 2 is 2.50 bits per heavy atom. The molecule has 2 unspecified atom stereocenters. The maximum absolute atomic E-state index is 12.2. The Balaban J connectivity index is 2.08. The molecule has 2 rings (SSSR count). The molecule has 1 aromatic rings. The number of nitrogens with one attached hydrogen (secondary N) is 1. The lowest BCUT2D eigenvalue weighted by atomic mass is 9.77. The van der Waals surface area contributed by atoms with Crippen LogP contribution in [0, 0.1) is 5.92 Å². The Labute approximate surface area is 116 Å². The zero-order valence-corrected chi connectivity index (χ0v) is 12.5. The van der Waals surface area contributed by atoms with Gasteiger partial charge in [0.15, 0.2) is 0 Å². The zero-order chi connectivity index (χ0) is 13.2. The average Bonchev–Trinajstić information content (AvgIpc) is 2.76. The minimum Gasteiger partial charge on any atom is -0.346 e. The number of carbonyl (C=O) groups excluding carboxylic acids is 1. The molecule has 4 nitrogen and oxygen atoms in total. The van der Waals surface area contributed by atoms with Crippen LogP contribution in [-0.2, 0) is 7.05 Å². The fourth-order valence-corrected chi connectivity index (χ4v) is 3.43. The topological polar surface area (TPSA) is 46.9 Å². The number of hydrogen-bond acceptors (Lipinski definition) is 2. The van der Waals surface area contributed by atoms with E-state index in [2.05, 4.69) is 33.3 Å². The average molecular weight is 314 g/mol. The SMILES string of the molecule is CC1CCCC(CBr)(NC(=O)c2cnn(C)c2)C1. The van der Waals surface area contributed by atoms with E-state index in [1.165, 1.54) is 12.8 Å². The number of alkyl halides is 1. The van der Waals surface area contributed by atoms with Crippen LogP contribution in [0.1, 0.15) is 43.0 Å². The van der Waals surface area contributed by atoms with Crippen LogP contribution in [0.15, 0.2) is 12.4 Å². The van der Waals surface area contributed by atoms with E-state index >= 15 is 0 Å². The highest BCUT2D eigenvalue weighted by Gasteiger charge is 2.35. The monoisotopic (exact) mass is 313 g/mol. The molecule has 1 aromatic heterocycles. The number of amides is 1. The van der Waals surface area contributed by atoms with Gasteiger partial charge in [0.05, 0.1) is 17.3 Å². The molecule has 0 aliphatic heterocycles. The molecule has 0 radical (unpaired) electrons. The molecule has 18 heavy (non-hydrogen) atoms. The molecule has 1 heterocycles. The van der Waals surface area contributed by atoms with Crippen molar-refractivity contribution in [1.82, 2.24) is 15.1 Å². The second-order valence-electron chi connectivity index (χ2n) is 5.47. The van der Waals surface area contributed by atoms with Crippen LogP contribution < -0.4 is 5.32 Å². The fourth-order valence-electron chi connectivity index (χ4n) is 2.78. The predicted octanol–water partition coefficient (Wildman–Crippen LogP) is 2.49. The van der Waals surface area contributed by atoms with E-state index in [9.17, 15) is 4.79 Å². The van der Waals surface area contributed by atoms with Gasteiger partial charge in [0, 0.05) is 18.6 Å². The summed E-state index contributed by atoms with van der Waals surface area (Å²) in [6.07, 6.45) is 7.91. The van der Waals surface area contributed by atoms with Gasteiger partial charge in [-0.15, -0.1) is 0 Å². The standard InChI is InChI=1S/C13H20BrN3O/c1-10-4-3-5-13(6-10,9-14)16-12(18)11-7-15-17(2)8-11/h7-8,10H,3-6,9H2,1-2H3,(H,16,18). The van der Waals surface area contributed by atoms with Crippen molar-refractivity contribution < 1.29 is 4.79 Å². The van der Waals surface area contributed by atoms with Crippen LogP contribution >= 0.6 is 15.9 Å². The molecule has 0 aromatic carbocycles. The van der Waals surface area contributed by atoms with E-state index in [0.717, 1.165) is 18.2 Å². The molecule has 5 heteroatoms. The summed E-state index contributed by atoms with van der Waals surface area (Å²) in [5, 5.41) is 8.06. The maximum Gasteiger partial charge on any atom is 0.254 e. The third kappa shape index (κ3) is 2.94. The lowest BCUT2D eigenvalue weighted by Gasteiger charge is -2.39. The summed E-state index contributed by atoms with van der Waals surface area (Å²) in [4.78, 5) is 12.2. The van der Waals surface area contributed by atoms with E-state index in [1.54, 1.807) is 17.1 Å². The predicted molar refractivity (Wildman–Crippen MR) is 74.8 cm³/mol. The van der Waals surface area contributed by atoms with Gasteiger partial charge >= 0.3 is 0 Å². The van der Waals surface area contributed by atoms with E-state index in [1.807, 2.05) is 7.05 Å². The summed E-state index contributed by atoms with van der Waals surface area (Å²) < 4.78 is 1.65. The number of hydrogen-bond donors (Lipinski definition) is 1. The maximum atomic E-state index is 12.2. The molecule has 2 atom stereocenters. The van der Waals surface area contributed by atoms with Gasteiger partial charge in [-0.3, -0.25) is 9.48 Å². The van der Waals surface area contributed by atoms with Crippen molar-refractivity contribution >= 4 is 21.8 Å². The Kier molecular flexibility index (Phi) is 4.10. The number of nitrogens with zero attached hydrogens (tertiary/aromatic N) is 2. The van der Waals surface area contributed by atoms with Crippen LogP contribution in [0.25, 0.3) is 0 Å². The minimum absolute atomic E-state index is 0.0170. The highest BCUT2D eigenvalue weighted by Crippen LogP contribution is 2.33. The van der Waals surface area contributed by atoms with Gasteiger partial charge in [0.2, 0.25) is 0 Å². The summed E-state index contributed by atoms with van der Waals surface area (Å²) in [6.45, 7) is 2.26. The Morgan fingerprint density at radius 3 is 3.06 bits per heavy atom. The van der Waals surface area contributed by atoms with Crippen molar-refractivity contribution in [1.29, 1.82) is 0 Å². The first kappa shape index (κ1) is 13.6. The number of rotatable bonds is 3. The minimum atomic E-state index is -0.0927. The van der Waals surface area contributed by atoms with Gasteiger partial charge in [-0.2, -0.15) is 5.10 Å². The molecule has 1 fully saturated rings. The molecule has 1 saturated carbocycles. The Morgan fingerprint density at radius 1 is 1.72 bits per heavy atom. The Bertz CT molecular complexity index is 432. The van der Waals surface area contributed by atoms with Gasteiger partial charge < -0.3 is 5.32 Å². The van der Waals surface area contributed by atoms with Crippen molar-refractivity contribution in [3.63, 3.8) is 0 Å². The molecule has 0 bridgehead atoms. The normalized spacial score (nSPS) is 28.1. The van der Waals surface area contributed by atoms with Crippen molar-refractivity contribution in [3.8, 4) is 0 Å². The summed E-state index contributed by atoms with van der Waals surface area (Å²) in [5.41, 5.74) is 0.543. The fraction of sp³-hybridized carbons (Fsp3) is 0.692. The lowest BCUT2D eigenvalue weighted by Crippen LogP contribution is -2.52. The van der Waals surface area contributed by atoms with Crippen LogP contribution in [-0.4, -0.2) is 26.6 Å². The second-order valence-corrected chi connectivity index (χ2v) is 6.03. The van der Waals surface area contributed by atoms with Crippen molar-refractivity contribution in [2.45, 2.75) is 38.1 Å². The van der Waals surface area contributed by atoms with Gasteiger partial charge in [-0.25, -0.2) is 0 Å². The van der Waals surface area contributed by atoms with Crippen molar-refractivity contribution in [2.75, 3.05) is 5.33 Å². The quantitative estimate of drug-likeness (QED) is 0.871. The number of carbonyl (C=O) groups is 1. The molecule has 1 aliphatic rings. The highest BCUT2D eigenvalue weighted by atomic mass is 79.9. The van der Waals surface area contributed by atoms with Crippen LogP contribution in [0.4, 0.5) is 0 Å². The van der Waals surface area contributed by atoms with E-state index in [-0.39, 0.29) is 11.4 Å². The first-order chi connectivity index (χ1) is 8.54. The third-order valence-electron chi connectivity index (χ3n) is 3.69. The molecule has 100 valence electrons. The number of aryl methyl sites for hydroxylation is 1. The first-order valence-corrected chi connectivity index (χ1v) is 7.54. The van der Waals surface area contributed by atoms with E-state index in [0.29, 0.717) is 11.5 Å². The van der Waals surface area contributed by atoms with Gasteiger partial charge in [-0.1, -0.05) is 35.7 Å². The molecule has 0 spiro atoms. The summed E-state index contributed by atoms with van der Waals surface area (Å²) in [5.74, 6) is 0.655. The van der Waals surface area contributed by atoms with Gasteiger partial charge in [0.25, 0.3) is 5.91 Å². The molecule has 1 N–H and O–H groups in total. The summed E-state index contributed by atoms with van der Waals surface area (Å²) in [6, 6.07) is 0. The molecule has 1 amide bonds. The zero-order valence-electron chi connectivity index (χ0n) is 10.9. The van der Waals surface area contributed by atoms with Crippen molar-refractivity contribution in [3.05, 3.63) is 18.0 Å². The Hall–Kier alpha value is -0.840. The summed E-state index contributed by atoms with van der Waals surface area (Å²) in [7, 11) is 1.82. The lowest BCUT2D eigenvalue weighted by molar-refractivity contribution is 0.0869. The van der Waals surface area contributed by atoms with Gasteiger partial charge in [-0.05, 0) is 18.8 Å². The first-order valence-electron chi connectivity index (χ1n) is 6.42. The molecule has 0 saturated heterocycles. The largest absolute Gasteiger partial charge is 0.346 e.